The molecule has 0 atom stereocenters. The Labute approximate surface area is 160 Å². The average molecular weight is 380 g/mol. The molecule has 0 aliphatic heterocycles. The van der Waals surface area contributed by atoms with Crippen LogP contribution in [0.5, 0.6) is 5.75 Å². The standard InChI is InChI=1S/C20H20N4O4/c1-24-20(27)16-5-3-2-4-15(16)17(23-24)12-19(26)22-13-6-8-14(9-7-13)28-11-10-18(21)25/h2-9H,10-12H2,1H3,(H2,21,25)(H,22,26). The van der Waals surface area contributed by atoms with Gasteiger partial charge in [-0.25, -0.2) is 4.68 Å². The summed E-state index contributed by atoms with van der Waals surface area (Å²) in [6.45, 7) is 0.201. The number of rotatable bonds is 7. The van der Waals surface area contributed by atoms with Crippen LogP contribution in [0.3, 0.4) is 0 Å². The van der Waals surface area contributed by atoms with Crippen LogP contribution in [-0.4, -0.2) is 28.2 Å². The molecule has 0 unspecified atom stereocenters. The van der Waals surface area contributed by atoms with Crippen LogP contribution in [0.1, 0.15) is 12.1 Å². The Balaban J connectivity index is 1.68. The lowest BCUT2D eigenvalue weighted by Crippen LogP contribution is -2.24. The van der Waals surface area contributed by atoms with E-state index in [1.54, 1.807) is 49.5 Å². The van der Waals surface area contributed by atoms with Gasteiger partial charge < -0.3 is 15.8 Å². The van der Waals surface area contributed by atoms with Gasteiger partial charge in [-0.3, -0.25) is 14.4 Å². The van der Waals surface area contributed by atoms with E-state index in [1.165, 1.54) is 4.68 Å². The van der Waals surface area contributed by atoms with Crippen molar-refractivity contribution < 1.29 is 14.3 Å². The van der Waals surface area contributed by atoms with Crippen molar-refractivity contribution in [3.05, 3.63) is 64.6 Å². The summed E-state index contributed by atoms with van der Waals surface area (Å²) >= 11 is 0. The Kier molecular flexibility index (Phi) is 5.69. The van der Waals surface area contributed by atoms with Gasteiger partial charge in [0.1, 0.15) is 5.75 Å². The van der Waals surface area contributed by atoms with Gasteiger partial charge in [-0.05, 0) is 30.3 Å². The third-order valence-corrected chi connectivity index (χ3v) is 4.12. The zero-order valence-electron chi connectivity index (χ0n) is 15.3. The first-order valence-corrected chi connectivity index (χ1v) is 8.70. The molecule has 3 aromatic rings. The van der Waals surface area contributed by atoms with Gasteiger partial charge in [-0.1, -0.05) is 18.2 Å². The molecule has 1 heterocycles. The van der Waals surface area contributed by atoms with Gasteiger partial charge in [-0.15, -0.1) is 0 Å². The predicted octanol–water partition coefficient (Wildman–Crippen LogP) is 1.37. The molecule has 0 aliphatic carbocycles. The van der Waals surface area contributed by atoms with Crippen LogP contribution in [0.2, 0.25) is 0 Å². The molecule has 8 nitrogen and oxygen atoms in total. The summed E-state index contributed by atoms with van der Waals surface area (Å²) in [6, 6.07) is 13.9. The number of nitrogens with zero attached hydrogens (tertiary/aromatic N) is 2. The fourth-order valence-electron chi connectivity index (χ4n) is 2.77. The SMILES string of the molecule is Cn1nc(CC(=O)Nc2ccc(OCCC(N)=O)cc2)c2ccccc2c1=O. The molecule has 3 N–H and O–H groups in total. The third kappa shape index (κ3) is 4.53. The quantitative estimate of drug-likeness (QED) is 0.642. The number of benzene rings is 2. The maximum atomic E-state index is 12.4. The largest absolute Gasteiger partial charge is 0.493 e. The number of hydrogen-bond acceptors (Lipinski definition) is 5. The molecule has 0 bridgehead atoms. The van der Waals surface area contributed by atoms with Crippen molar-refractivity contribution in [3.8, 4) is 5.75 Å². The van der Waals surface area contributed by atoms with Gasteiger partial charge >= 0.3 is 0 Å². The number of nitrogens with one attached hydrogen (secondary N) is 1. The summed E-state index contributed by atoms with van der Waals surface area (Å²) in [5.41, 5.74) is 5.99. The molecule has 0 spiro atoms. The molecule has 2 amide bonds. The average Bonchev–Trinajstić information content (AvgIpc) is 2.67. The number of primary amides is 1. The summed E-state index contributed by atoms with van der Waals surface area (Å²) in [5, 5.41) is 8.22. The highest BCUT2D eigenvalue weighted by atomic mass is 16.5. The van der Waals surface area contributed by atoms with Crippen molar-refractivity contribution in [1.82, 2.24) is 9.78 Å². The number of hydrogen-bond donors (Lipinski definition) is 2. The lowest BCUT2D eigenvalue weighted by atomic mass is 10.1. The van der Waals surface area contributed by atoms with Gasteiger partial charge in [0.15, 0.2) is 0 Å². The minimum Gasteiger partial charge on any atom is -0.493 e. The van der Waals surface area contributed by atoms with Crippen LogP contribution in [0.4, 0.5) is 5.69 Å². The first-order valence-electron chi connectivity index (χ1n) is 8.70. The molecule has 2 aromatic carbocycles. The summed E-state index contributed by atoms with van der Waals surface area (Å²) in [6.07, 6.45) is 0.171. The monoisotopic (exact) mass is 380 g/mol. The number of carbonyl (C=O) groups excluding carboxylic acids is 2. The summed E-state index contributed by atoms with van der Waals surface area (Å²) in [4.78, 5) is 35.3. The van der Waals surface area contributed by atoms with Crippen LogP contribution in [-0.2, 0) is 23.1 Å². The zero-order chi connectivity index (χ0) is 20.1. The van der Waals surface area contributed by atoms with Crippen LogP contribution in [0, 0.1) is 0 Å². The molecule has 0 saturated heterocycles. The fraction of sp³-hybridized carbons (Fsp3) is 0.200. The highest BCUT2D eigenvalue weighted by Gasteiger charge is 2.12. The topological polar surface area (TPSA) is 116 Å². The number of aryl methyl sites for hydroxylation is 1. The summed E-state index contributed by atoms with van der Waals surface area (Å²) < 4.78 is 6.63. The maximum absolute atomic E-state index is 12.4. The first-order chi connectivity index (χ1) is 13.4. The molecule has 3 rings (SSSR count). The van der Waals surface area contributed by atoms with E-state index in [9.17, 15) is 14.4 Å². The normalized spacial score (nSPS) is 10.6. The van der Waals surface area contributed by atoms with Gasteiger partial charge in [0.25, 0.3) is 5.56 Å². The second kappa shape index (κ2) is 8.34. The number of aromatic nitrogens is 2. The summed E-state index contributed by atoms with van der Waals surface area (Å²) in [5.74, 6) is -0.105. The second-order valence-corrected chi connectivity index (χ2v) is 6.24. The van der Waals surface area contributed by atoms with E-state index < -0.39 is 5.91 Å². The number of nitrogens with two attached hydrogens (primary N) is 1. The first kappa shape index (κ1) is 19.1. The van der Waals surface area contributed by atoms with E-state index >= 15 is 0 Å². The van der Waals surface area contributed by atoms with Crippen molar-refractivity contribution in [3.63, 3.8) is 0 Å². The number of carbonyl (C=O) groups is 2. The second-order valence-electron chi connectivity index (χ2n) is 6.24. The minimum absolute atomic E-state index is 0.0332. The van der Waals surface area contributed by atoms with E-state index in [-0.39, 0.29) is 30.9 Å². The van der Waals surface area contributed by atoms with Gasteiger partial charge in [0.2, 0.25) is 11.8 Å². The fourth-order valence-corrected chi connectivity index (χ4v) is 2.77. The maximum Gasteiger partial charge on any atom is 0.274 e. The van der Waals surface area contributed by atoms with Crippen molar-refractivity contribution in [2.24, 2.45) is 12.8 Å². The van der Waals surface area contributed by atoms with E-state index in [1.807, 2.05) is 6.07 Å². The number of anilines is 1. The Morgan fingerprint density at radius 3 is 2.46 bits per heavy atom. The highest BCUT2D eigenvalue weighted by Crippen LogP contribution is 2.17. The number of amides is 2. The molecule has 1 aromatic heterocycles. The van der Waals surface area contributed by atoms with Crippen LogP contribution in [0.15, 0.2) is 53.3 Å². The minimum atomic E-state index is -0.427. The molecule has 8 heteroatoms. The van der Waals surface area contributed by atoms with Gasteiger partial charge in [-0.2, -0.15) is 5.10 Å². The number of ether oxygens (including phenoxy) is 1. The van der Waals surface area contributed by atoms with E-state index in [2.05, 4.69) is 10.4 Å². The lowest BCUT2D eigenvalue weighted by molar-refractivity contribution is -0.118. The molecule has 28 heavy (non-hydrogen) atoms. The Morgan fingerprint density at radius 1 is 1.11 bits per heavy atom. The van der Waals surface area contributed by atoms with Crippen molar-refractivity contribution in [2.75, 3.05) is 11.9 Å². The summed E-state index contributed by atoms with van der Waals surface area (Å²) in [7, 11) is 1.56. The van der Waals surface area contributed by atoms with Crippen LogP contribution >= 0.6 is 0 Å². The van der Waals surface area contributed by atoms with E-state index in [0.29, 0.717) is 27.9 Å². The lowest BCUT2D eigenvalue weighted by Gasteiger charge is -2.10. The molecule has 0 radical (unpaired) electrons. The van der Waals surface area contributed by atoms with Gasteiger partial charge in [0.05, 0.1) is 30.5 Å². The number of fused-ring (bicyclic) bond motifs is 1. The van der Waals surface area contributed by atoms with E-state index in [0.717, 1.165) is 0 Å². The predicted molar refractivity (Wildman–Crippen MR) is 105 cm³/mol. The Hall–Kier alpha value is -3.68. The third-order valence-electron chi connectivity index (χ3n) is 4.12. The van der Waals surface area contributed by atoms with Crippen molar-refractivity contribution >= 4 is 28.3 Å². The highest BCUT2D eigenvalue weighted by molar-refractivity contribution is 5.95. The Bertz CT molecular complexity index is 1070. The molecule has 0 fully saturated rings. The Morgan fingerprint density at radius 2 is 1.79 bits per heavy atom. The van der Waals surface area contributed by atoms with Crippen molar-refractivity contribution in [2.45, 2.75) is 12.8 Å². The van der Waals surface area contributed by atoms with Gasteiger partial charge in [0, 0.05) is 18.1 Å². The smallest absolute Gasteiger partial charge is 0.274 e. The van der Waals surface area contributed by atoms with Crippen molar-refractivity contribution in [1.29, 1.82) is 0 Å². The van der Waals surface area contributed by atoms with Crippen LogP contribution in [0.25, 0.3) is 10.8 Å². The zero-order valence-corrected chi connectivity index (χ0v) is 15.3. The molecule has 0 saturated carbocycles. The molecule has 144 valence electrons. The van der Waals surface area contributed by atoms with Crippen LogP contribution < -0.4 is 21.3 Å². The molecule has 0 aliphatic rings. The molecular weight excluding hydrogens is 360 g/mol. The molecular formula is C20H20N4O4. The van der Waals surface area contributed by atoms with E-state index in [4.69, 9.17) is 10.5 Å².